The summed E-state index contributed by atoms with van der Waals surface area (Å²) in [5.74, 6) is -1.21. The van der Waals surface area contributed by atoms with Gasteiger partial charge in [0.15, 0.2) is 9.84 Å². The van der Waals surface area contributed by atoms with Crippen molar-refractivity contribution < 1.29 is 18.3 Å². The minimum absolute atomic E-state index is 0.119. The SMILES string of the molecule is CC(C#N)S(=O)(=O)c1cccc(C(=O)O)c1. The van der Waals surface area contributed by atoms with Crippen molar-refractivity contribution in [3.8, 4) is 6.07 Å². The fourth-order valence-corrected chi connectivity index (χ4v) is 2.19. The molecule has 5 nitrogen and oxygen atoms in total. The largest absolute Gasteiger partial charge is 0.478 e. The van der Waals surface area contributed by atoms with Crippen LogP contribution in [0.15, 0.2) is 29.2 Å². The maximum atomic E-state index is 11.7. The Labute approximate surface area is 92.9 Å². The highest BCUT2D eigenvalue weighted by atomic mass is 32.2. The van der Waals surface area contributed by atoms with E-state index in [0.717, 1.165) is 6.07 Å². The van der Waals surface area contributed by atoms with E-state index in [2.05, 4.69) is 0 Å². The Morgan fingerprint density at radius 3 is 2.62 bits per heavy atom. The number of carboxylic acids is 1. The number of carbonyl (C=O) groups is 1. The molecule has 0 aromatic heterocycles. The van der Waals surface area contributed by atoms with Crippen molar-refractivity contribution in [3.05, 3.63) is 29.8 Å². The van der Waals surface area contributed by atoms with Crippen molar-refractivity contribution >= 4 is 15.8 Å². The predicted molar refractivity (Wildman–Crippen MR) is 55.7 cm³/mol. The number of aromatic carboxylic acids is 1. The zero-order valence-electron chi connectivity index (χ0n) is 8.41. The fourth-order valence-electron chi connectivity index (χ4n) is 1.08. The van der Waals surface area contributed by atoms with Crippen LogP contribution >= 0.6 is 0 Å². The Kier molecular flexibility index (Phi) is 3.30. The zero-order valence-corrected chi connectivity index (χ0v) is 9.23. The smallest absolute Gasteiger partial charge is 0.335 e. The number of carboxylic acid groups (broad SMARTS) is 1. The van der Waals surface area contributed by atoms with Crippen LogP contribution in [0.25, 0.3) is 0 Å². The average Bonchev–Trinajstić information content (AvgIpc) is 2.28. The molecule has 0 aliphatic rings. The molecule has 1 atom stereocenters. The number of nitrogens with zero attached hydrogens (tertiary/aromatic N) is 1. The summed E-state index contributed by atoms with van der Waals surface area (Å²) in [6.45, 7) is 1.25. The minimum atomic E-state index is -3.77. The van der Waals surface area contributed by atoms with Gasteiger partial charge >= 0.3 is 5.97 Å². The average molecular weight is 239 g/mol. The number of nitriles is 1. The molecule has 0 amide bonds. The van der Waals surface area contributed by atoms with Crippen LogP contribution in [0.5, 0.6) is 0 Å². The number of hydrogen-bond acceptors (Lipinski definition) is 4. The van der Waals surface area contributed by atoms with Crippen LogP contribution in [-0.2, 0) is 9.84 Å². The predicted octanol–water partition coefficient (Wildman–Crippen LogP) is 1.07. The van der Waals surface area contributed by atoms with Crippen LogP contribution in [0.2, 0.25) is 0 Å². The maximum absolute atomic E-state index is 11.7. The van der Waals surface area contributed by atoms with E-state index in [9.17, 15) is 13.2 Å². The number of hydrogen-bond donors (Lipinski definition) is 1. The van der Waals surface area contributed by atoms with Gasteiger partial charge in [0.25, 0.3) is 0 Å². The van der Waals surface area contributed by atoms with Crippen LogP contribution in [-0.4, -0.2) is 24.7 Å². The summed E-state index contributed by atoms with van der Waals surface area (Å²) in [5, 5.41) is 16.1. The van der Waals surface area contributed by atoms with Gasteiger partial charge in [-0.1, -0.05) is 6.07 Å². The Bertz CT molecular complexity index is 556. The van der Waals surface area contributed by atoms with Gasteiger partial charge in [-0.05, 0) is 25.1 Å². The number of rotatable bonds is 3. The van der Waals surface area contributed by atoms with Crippen molar-refractivity contribution in [1.29, 1.82) is 5.26 Å². The van der Waals surface area contributed by atoms with Gasteiger partial charge in [0.05, 0.1) is 16.5 Å². The highest BCUT2D eigenvalue weighted by molar-refractivity contribution is 7.92. The van der Waals surface area contributed by atoms with Gasteiger partial charge < -0.3 is 5.11 Å². The summed E-state index contributed by atoms with van der Waals surface area (Å²) in [6.07, 6.45) is 0. The van der Waals surface area contributed by atoms with Gasteiger partial charge in [0.2, 0.25) is 0 Å². The topological polar surface area (TPSA) is 95.2 Å². The molecule has 0 radical (unpaired) electrons. The number of benzene rings is 1. The van der Waals surface area contributed by atoms with Crippen molar-refractivity contribution in [2.24, 2.45) is 0 Å². The standard InChI is InChI=1S/C10H9NO4S/c1-7(6-11)16(14,15)9-4-2-3-8(5-9)10(12)13/h2-5,7H,1H3,(H,12,13). The molecule has 0 heterocycles. The van der Waals surface area contributed by atoms with Crippen LogP contribution < -0.4 is 0 Å². The Morgan fingerprint density at radius 2 is 2.12 bits per heavy atom. The molecule has 1 aromatic rings. The van der Waals surface area contributed by atoms with Crippen molar-refractivity contribution in [2.45, 2.75) is 17.1 Å². The third kappa shape index (κ3) is 2.20. The lowest BCUT2D eigenvalue weighted by Gasteiger charge is -2.06. The maximum Gasteiger partial charge on any atom is 0.335 e. The molecule has 0 aliphatic carbocycles. The molecule has 1 N–H and O–H groups in total. The van der Waals surface area contributed by atoms with E-state index in [1.165, 1.54) is 25.1 Å². The molecule has 0 bridgehead atoms. The molecule has 1 aromatic carbocycles. The first kappa shape index (κ1) is 12.2. The van der Waals surface area contributed by atoms with E-state index < -0.39 is 21.1 Å². The lowest BCUT2D eigenvalue weighted by atomic mass is 10.2. The van der Waals surface area contributed by atoms with Crippen LogP contribution in [0.4, 0.5) is 0 Å². The second kappa shape index (κ2) is 4.33. The molecule has 0 aliphatic heterocycles. The Morgan fingerprint density at radius 1 is 1.50 bits per heavy atom. The fraction of sp³-hybridized carbons (Fsp3) is 0.200. The van der Waals surface area contributed by atoms with E-state index in [1.807, 2.05) is 0 Å². The monoisotopic (exact) mass is 239 g/mol. The molecular formula is C10H9NO4S. The second-order valence-corrected chi connectivity index (χ2v) is 5.42. The highest BCUT2D eigenvalue weighted by Crippen LogP contribution is 2.17. The molecule has 1 rings (SSSR count). The highest BCUT2D eigenvalue weighted by Gasteiger charge is 2.23. The lowest BCUT2D eigenvalue weighted by molar-refractivity contribution is 0.0696. The van der Waals surface area contributed by atoms with Crippen LogP contribution in [0, 0.1) is 11.3 Å². The third-order valence-corrected chi connectivity index (χ3v) is 4.00. The summed E-state index contributed by atoms with van der Waals surface area (Å²) >= 11 is 0. The van der Waals surface area contributed by atoms with Gasteiger partial charge in [0, 0.05) is 0 Å². The quantitative estimate of drug-likeness (QED) is 0.851. The molecule has 6 heteroatoms. The van der Waals surface area contributed by atoms with Crippen molar-refractivity contribution in [3.63, 3.8) is 0 Å². The molecule has 84 valence electrons. The Balaban J connectivity index is 3.31. The third-order valence-electron chi connectivity index (χ3n) is 2.06. The summed E-state index contributed by atoms with van der Waals surface area (Å²) < 4.78 is 23.4. The molecule has 0 spiro atoms. The van der Waals surface area contributed by atoms with E-state index >= 15 is 0 Å². The first-order chi connectivity index (χ1) is 7.39. The van der Waals surface area contributed by atoms with Gasteiger partial charge in [0.1, 0.15) is 5.25 Å². The summed E-state index contributed by atoms with van der Waals surface area (Å²) in [6, 6.07) is 6.56. The first-order valence-corrected chi connectivity index (χ1v) is 5.91. The molecule has 0 saturated carbocycles. The van der Waals surface area contributed by atoms with E-state index in [-0.39, 0.29) is 10.5 Å². The summed E-state index contributed by atoms with van der Waals surface area (Å²) in [5.41, 5.74) is -0.119. The summed E-state index contributed by atoms with van der Waals surface area (Å²) in [4.78, 5) is 10.5. The van der Waals surface area contributed by atoms with Gasteiger partial charge in [-0.15, -0.1) is 0 Å². The van der Waals surface area contributed by atoms with Gasteiger partial charge in [-0.3, -0.25) is 0 Å². The van der Waals surface area contributed by atoms with Crippen LogP contribution in [0.3, 0.4) is 0 Å². The molecule has 0 saturated heterocycles. The second-order valence-electron chi connectivity index (χ2n) is 3.15. The Hall–Kier alpha value is -1.87. The van der Waals surface area contributed by atoms with E-state index in [0.29, 0.717) is 0 Å². The zero-order chi connectivity index (χ0) is 12.3. The van der Waals surface area contributed by atoms with Crippen molar-refractivity contribution in [2.75, 3.05) is 0 Å². The lowest BCUT2D eigenvalue weighted by Crippen LogP contribution is -2.16. The minimum Gasteiger partial charge on any atom is -0.478 e. The molecule has 1 unspecified atom stereocenters. The molecule has 16 heavy (non-hydrogen) atoms. The van der Waals surface area contributed by atoms with Gasteiger partial charge in [-0.25, -0.2) is 13.2 Å². The van der Waals surface area contributed by atoms with E-state index in [1.54, 1.807) is 6.07 Å². The first-order valence-electron chi connectivity index (χ1n) is 4.36. The van der Waals surface area contributed by atoms with Crippen LogP contribution in [0.1, 0.15) is 17.3 Å². The van der Waals surface area contributed by atoms with E-state index in [4.69, 9.17) is 10.4 Å². The number of sulfone groups is 1. The van der Waals surface area contributed by atoms with Crippen molar-refractivity contribution in [1.82, 2.24) is 0 Å². The molecule has 0 fully saturated rings. The summed E-state index contributed by atoms with van der Waals surface area (Å²) in [7, 11) is -3.77. The normalized spacial score (nSPS) is 12.8. The van der Waals surface area contributed by atoms with Gasteiger partial charge in [-0.2, -0.15) is 5.26 Å². The molecular weight excluding hydrogens is 230 g/mol.